The Morgan fingerprint density at radius 3 is 2.45 bits per heavy atom. The second-order valence-corrected chi connectivity index (χ2v) is 4.93. The zero-order valence-electron chi connectivity index (χ0n) is 11.9. The lowest BCUT2D eigenvalue weighted by atomic mass is 10.2. The van der Waals surface area contributed by atoms with Crippen LogP contribution in [0.25, 0.3) is 0 Å². The van der Waals surface area contributed by atoms with Crippen LogP contribution in [0.3, 0.4) is 0 Å². The number of carbonyl (C=O) groups is 2. The smallest absolute Gasteiger partial charge is 0.223 e. The summed E-state index contributed by atoms with van der Waals surface area (Å²) < 4.78 is 5.09. The van der Waals surface area contributed by atoms with Gasteiger partial charge in [-0.05, 0) is 37.1 Å². The monoisotopic (exact) mass is 276 g/mol. The molecule has 0 aromatic heterocycles. The molecule has 1 aliphatic carbocycles. The van der Waals surface area contributed by atoms with Gasteiger partial charge >= 0.3 is 0 Å². The highest BCUT2D eigenvalue weighted by Crippen LogP contribution is 2.28. The molecule has 0 heterocycles. The van der Waals surface area contributed by atoms with Crippen LogP contribution in [-0.4, -0.2) is 32.0 Å². The normalized spacial score (nSPS) is 13.7. The number of benzene rings is 1. The topological polar surface area (TPSA) is 58.6 Å². The molecule has 0 saturated heterocycles. The highest BCUT2D eigenvalue weighted by atomic mass is 16.5. The van der Waals surface area contributed by atoms with E-state index in [4.69, 9.17) is 4.74 Å². The lowest BCUT2D eigenvalue weighted by Crippen LogP contribution is -2.38. The molecule has 5 nitrogen and oxygen atoms in total. The van der Waals surface area contributed by atoms with Crippen LogP contribution in [0.15, 0.2) is 24.3 Å². The van der Waals surface area contributed by atoms with Gasteiger partial charge in [-0.1, -0.05) is 0 Å². The number of nitrogens with zero attached hydrogens (tertiary/aromatic N) is 1. The van der Waals surface area contributed by atoms with Gasteiger partial charge in [-0.15, -0.1) is 0 Å². The number of hydrogen-bond donors (Lipinski definition) is 1. The van der Waals surface area contributed by atoms with Crippen molar-refractivity contribution in [2.45, 2.75) is 19.8 Å². The molecule has 1 aromatic rings. The fourth-order valence-corrected chi connectivity index (χ4v) is 2.01. The van der Waals surface area contributed by atoms with Crippen LogP contribution in [0.2, 0.25) is 0 Å². The molecule has 1 aromatic carbocycles. The Bertz CT molecular complexity index is 480. The molecule has 1 saturated carbocycles. The van der Waals surface area contributed by atoms with Gasteiger partial charge in [-0.2, -0.15) is 0 Å². The molecule has 0 unspecified atom stereocenters. The van der Waals surface area contributed by atoms with Crippen molar-refractivity contribution in [2.24, 2.45) is 5.92 Å². The van der Waals surface area contributed by atoms with E-state index in [1.54, 1.807) is 12.0 Å². The van der Waals surface area contributed by atoms with Gasteiger partial charge in [-0.3, -0.25) is 9.59 Å². The van der Waals surface area contributed by atoms with E-state index in [9.17, 15) is 9.59 Å². The lowest BCUT2D eigenvalue weighted by Gasteiger charge is -2.21. The van der Waals surface area contributed by atoms with Gasteiger partial charge in [0.25, 0.3) is 0 Å². The summed E-state index contributed by atoms with van der Waals surface area (Å²) in [6.45, 7) is 2.47. The molecule has 0 spiro atoms. The molecule has 0 atom stereocenters. The maximum absolute atomic E-state index is 11.7. The molecular formula is C15H20N2O3. The lowest BCUT2D eigenvalue weighted by molar-refractivity contribution is -0.122. The van der Waals surface area contributed by atoms with Crippen molar-refractivity contribution in [2.75, 3.05) is 25.1 Å². The zero-order valence-corrected chi connectivity index (χ0v) is 11.9. The molecule has 1 N–H and O–H groups in total. The molecule has 5 heteroatoms. The van der Waals surface area contributed by atoms with Crippen molar-refractivity contribution in [3.05, 3.63) is 24.3 Å². The average molecular weight is 276 g/mol. The third-order valence-electron chi connectivity index (χ3n) is 3.35. The third kappa shape index (κ3) is 3.73. The standard InChI is InChI=1S/C15H20N2O3/c1-11(18)17(10-9-16-15(19)12-3-4-12)13-5-7-14(20-2)8-6-13/h5-8,12H,3-4,9-10H2,1-2H3,(H,16,19). The number of amides is 2. The van der Waals surface area contributed by atoms with Crippen molar-refractivity contribution in [1.82, 2.24) is 5.32 Å². The van der Waals surface area contributed by atoms with Crippen molar-refractivity contribution < 1.29 is 14.3 Å². The van der Waals surface area contributed by atoms with Crippen LogP contribution in [0.5, 0.6) is 5.75 Å². The molecular weight excluding hydrogens is 256 g/mol. The van der Waals surface area contributed by atoms with Crippen molar-refractivity contribution in [3.8, 4) is 5.75 Å². The maximum Gasteiger partial charge on any atom is 0.223 e. The zero-order chi connectivity index (χ0) is 14.5. The Morgan fingerprint density at radius 1 is 1.30 bits per heavy atom. The molecule has 2 rings (SSSR count). The van der Waals surface area contributed by atoms with Gasteiger partial charge in [0.2, 0.25) is 11.8 Å². The van der Waals surface area contributed by atoms with E-state index < -0.39 is 0 Å². The van der Waals surface area contributed by atoms with E-state index in [1.807, 2.05) is 24.3 Å². The highest BCUT2D eigenvalue weighted by molar-refractivity contribution is 5.91. The Balaban J connectivity index is 1.91. The Morgan fingerprint density at radius 2 is 1.95 bits per heavy atom. The molecule has 0 radical (unpaired) electrons. The number of methoxy groups -OCH3 is 1. The number of ether oxygens (including phenoxy) is 1. The van der Waals surface area contributed by atoms with Gasteiger partial charge in [0.1, 0.15) is 5.75 Å². The predicted octanol–water partition coefficient (Wildman–Crippen LogP) is 1.57. The second kappa shape index (κ2) is 6.41. The van der Waals surface area contributed by atoms with E-state index >= 15 is 0 Å². The van der Waals surface area contributed by atoms with Crippen LogP contribution < -0.4 is 15.0 Å². The van der Waals surface area contributed by atoms with Crippen molar-refractivity contribution in [3.63, 3.8) is 0 Å². The van der Waals surface area contributed by atoms with E-state index in [0.29, 0.717) is 13.1 Å². The first-order valence-corrected chi connectivity index (χ1v) is 6.81. The SMILES string of the molecule is COc1ccc(N(CCNC(=O)C2CC2)C(C)=O)cc1. The second-order valence-electron chi connectivity index (χ2n) is 4.93. The highest BCUT2D eigenvalue weighted by Gasteiger charge is 2.29. The first kappa shape index (κ1) is 14.4. The Labute approximate surface area is 118 Å². The van der Waals surface area contributed by atoms with Gasteiger partial charge in [0.15, 0.2) is 0 Å². The first-order chi connectivity index (χ1) is 9.61. The summed E-state index contributed by atoms with van der Waals surface area (Å²) in [7, 11) is 1.60. The van der Waals surface area contributed by atoms with E-state index in [1.165, 1.54) is 6.92 Å². The minimum absolute atomic E-state index is 0.0455. The van der Waals surface area contributed by atoms with Gasteiger partial charge in [0.05, 0.1) is 7.11 Å². The van der Waals surface area contributed by atoms with Gasteiger partial charge in [-0.25, -0.2) is 0 Å². The largest absolute Gasteiger partial charge is 0.497 e. The van der Waals surface area contributed by atoms with Crippen LogP contribution in [-0.2, 0) is 9.59 Å². The molecule has 108 valence electrons. The minimum atomic E-state index is -0.0455. The molecule has 1 fully saturated rings. The first-order valence-electron chi connectivity index (χ1n) is 6.81. The number of anilines is 1. The Kier molecular flexibility index (Phi) is 4.61. The maximum atomic E-state index is 11.7. The van der Waals surface area contributed by atoms with E-state index in [2.05, 4.69) is 5.32 Å². The quantitative estimate of drug-likeness (QED) is 0.858. The van der Waals surface area contributed by atoms with Crippen LogP contribution in [0, 0.1) is 5.92 Å². The minimum Gasteiger partial charge on any atom is -0.497 e. The number of nitrogens with one attached hydrogen (secondary N) is 1. The summed E-state index contributed by atoms with van der Waals surface area (Å²) in [6.07, 6.45) is 1.97. The molecule has 20 heavy (non-hydrogen) atoms. The number of hydrogen-bond acceptors (Lipinski definition) is 3. The third-order valence-corrected chi connectivity index (χ3v) is 3.35. The van der Waals surface area contributed by atoms with Crippen LogP contribution in [0.1, 0.15) is 19.8 Å². The van der Waals surface area contributed by atoms with E-state index in [0.717, 1.165) is 24.3 Å². The summed E-state index contributed by atoms with van der Waals surface area (Å²) in [6, 6.07) is 7.30. The Hall–Kier alpha value is -2.04. The van der Waals surface area contributed by atoms with Crippen molar-refractivity contribution in [1.29, 1.82) is 0 Å². The van der Waals surface area contributed by atoms with Gasteiger partial charge in [0, 0.05) is 31.6 Å². The number of carbonyl (C=O) groups excluding carboxylic acids is 2. The fourth-order valence-electron chi connectivity index (χ4n) is 2.01. The van der Waals surface area contributed by atoms with Crippen LogP contribution in [0.4, 0.5) is 5.69 Å². The number of rotatable bonds is 6. The summed E-state index contributed by atoms with van der Waals surface area (Å²) in [5, 5.41) is 2.86. The van der Waals surface area contributed by atoms with Crippen molar-refractivity contribution >= 4 is 17.5 Å². The molecule has 2 amide bonds. The summed E-state index contributed by atoms with van der Waals surface area (Å²) in [5.41, 5.74) is 0.805. The van der Waals surface area contributed by atoms with Gasteiger partial charge < -0.3 is 15.0 Å². The van der Waals surface area contributed by atoms with E-state index in [-0.39, 0.29) is 17.7 Å². The average Bonchev–Trinajstić information content (AvgIpc) is 3.28. The molecule has 0 aliphatic heterocycles. The molecule has 0 bridgehead atoms. The summed E-state index contributed by atoms with van der Waals surface area (Å²) in [4.78, 5) is 24.9. The summed E-state index contributed by atoms with van der Waals surface area (Å²) >= 11 is 0. The summed E-state index contributed by atoms with van der Waals surface area (Å²) in [5.74, 6) is 1.00. The fraction of sp³-hybridized carbons (Fsp3) is 0.467. The van der Waals surface area contributed by atoms with Crippen LogP contribution >= 0.6 is 0 Å². The molecule has 1 aliphatic rings. The predicted molar refractivity (Wildman–Crippen MR) is 76.8 cm³/mol.